The molecule has 0 saturated heterocycles. The van der Waals surface area contributed by atoms with Gasteiger partial charge in [-0.2, -0.15) is 0 Å². The predicted octanol–water partition coefficient (Wildman–Crippen LogP) is 3.55. The van der Waals surface area contributed by atoms with E-state index in [0.717, 1.165) is 11.6 Å². The molecule has 0 spiro atoms. The number of amides is 1. The van der Waals surface area contributed by atoms with Crippen LogP contribution in [0.1, 0.15) is 28.9 Å². The van der Waals surface area contributed by atoms with Crippen LogP contribution in [-0.2, 0) is 0 Å². The molecule has 1 amide bonds. The van der Waals surface area contributed by atoms with Gasteiger partial charge in [0.25, 0.3) is 5.91 Å². The highest BCUT2D eigenvalue weighted by Gasteiger charge is 2.14. The van der Waals surface area contributed by atoms with E-state index in [1.54, 1.807) is 12.1 Å². The fourth-order valence-corrected chi connectivity index (χ4v) is 2.07. The lowest BCUT2D eigenvalue weighted by Gasteiger charge is -2.15. The Morgan fingerprint density at radius 1 is 1.30 bits per heavy atom. The van der Waals surface area contributed by atoms with Gasteiger partial charge < -0.3 is 11.1 Å². The molecule has 104 valence electrons. The number of carbonyl (C=O) groups is 1. The summed E-state index contributed by atoms with van der Waals surface area (Å²) >= 11 is 5.91. The highest BCUT2D eigenvalue weighted by atomic mass is 35.5. The van der Waals surface area contributed by atoms with Gasteiger partial charge in [0.15, 0.2) is 0 Å². The Bertz CT molecular complexity index is 646. The molecule has 3 N–H and O–H groups in total. The van der Waals surface area contributed by atoms with Crippen molar-refractivity contribution in [2.45, 2.75) is 13.0 Å². The average Bonchev–Trinajstić information content (AvgIpc) is 2.38. The highest BCUT2D eigenvalue weighted by molar-refractivity contribution is 6.30. The Morgan fingerprint density at radius 3 is 2.70 bits per heavy atom. The van der Waals surface area contributed by atoms with Gasteiger partial charge in [-0.3, -0.25) is 4.79 Å². The molecule has 20 heavy (non-hydrogen) atoms. The first kappa shape index (κ1) is 14.3. The van der Waals surface area contributed by atoms with Crippen molar-refractivity contribution in [3.05, 3.63) is 64.4 Å². The SMILES string of the molecule is C[C@@H](NC(=O)c1ccc(F)cc1N)c1cccc(Cl)c1. The van der Waals surface area contributed by atoms with Crippen LogP contribution in [0.2, 0.25) is 5.02 Å². The van der Waals surface area contributed by atoms with Gasteiger partial charge in [-0.25, -0.2) is 4.39 Å². The zero-order valence-electron chi connectivity index (χ0n) is 10.9. The van der Waals surface area contributed by atoms with Crippen molar-refractivity contribution in [3.63, 3.8) is 0 Å². The molecule has 0 aliphatic carbocycles. The standard InChI is InChI=1S/C15H14ClFN2O/c1-9(10-3-2-4-11(16)7-10)19-15(20)13-6-5-12(17)8-14(13)18/h2-9H,18H2,1H3,(H,19,20)/t9-/m1/s1. The number of hydrogen-bond donors (Lipinski definition) is 2. The fraction of sp³-hybridized carbons (Fsp3) is 0.133. The summed E-state index contributed by atoms with van der Waals surface area (Å²) in [4.78, 5) is 12.1. The molecule has 0 radical (unpaired) electrons. The molecule has 2 aromatic carbocycles. The van der Waals surface area contributed by atoms with Gasteiger partial charge in [0.05, 0.1) is 11.6 Å². The summed E-state index contributed by atoms with van der Waals surface area (Å²) in [5, 5.41) is 3.40. The molecule has 0 aliphatic rings. The van der Waals surface area contributed by atoms with Crippen molar-refractivity contribution in [1.82, 2.24) is 5.32 Å². The fourth-order valence-electron chi connectivity index (χ4n) is 1.87. The second kappa shape index (κ2) is 5.92. The van der Waals surface area contributed by atoms with Crippen LogP contribution in [-0.4, -0.2) is 5.91 Å². The van der Waals surface area contributed by atoms with Gasteiger partial charge in [0.1, 0.15) is 5.82 Å². The number of anilines is 1. The third-order valence-corrected chi connectivity index (χ3v) is 3.19. The maximum Gasteiger partial charge on any atom is 0.253 e. The minimum Gasteiger partial charge on any atom is -0.398 e. The lowest BCUT2D eigenvalue weighted by atomic mass is 10.1. The molecular formula is C15H14ClFN2O. The van der Waals surface area contributed by atoms with Gasteiger partial charge in [-0.05, 0) is 42.8 Å². The quantitative estimate of drug-likeness (QED) is 0.850. The van der Waals surface area contributed by atoms with Crippen LogP contribution in [0.15, 0.2) is 42.5 Å². The first-order chi connectivity index (χ1) is 9.47. The number of rotatable bonds is 3. The maximum atomic E-state index is 13.0. The zero-order valence-corrected chi connectivity index (χ0v) is 11.6. The molecule has 3 nitrogen and oxygen atoms in total. The Labute approximate surface area is 121 Å². The van der Waals surface area contributed by atoms with Crippen molar-refractivity contribution >= 4 is 23.2 Å². The highest BCUT2D eigenvalue weighted by Crippen LogP contribution is 2.19. The van der Waals surface area contributed by atoms with E-state index < -0.39 is 5.82 Å². The Morgan fingerprint density at radius 2 is 2.05 bits per heavy atom. The topological polar surface area (TPSA) is 55.1 Å². The van der Waals surface area contributed by atoms with Crippen molar-refractivity contribution in [2.75, 3.05) is 5.73 Å². The molecule has 0 saturated carbocycles. The van der Waals surface area contributed by atoms with Crippen LogP contribution in [0.3, 0.4) is 0 Å². The maximum absolute atomic E-state index is 13.0. The van der Waals surface area contributed by atoms with E-state index in [1.165, 1.54) is 12.1 Å². The summed E-state index contributed by atoms with van der Waals surface area (Å²) in [6.07, 6.45) is 0. The number of carbonyl (C=O) groups excluding carboxylic acids is 1. The van der Waals surface area contributed by atoms with E-state index in [2.05, 4.69) is 5.32 Å². The first-order valence-electron chi connectivity index (χ1n) is 6.08. The van der Waals surface area contributed by atoms with Crippen molar-refractivity contribution in [3.8, 4) is 0 Å². The molecular weight excluding hydrogens is 279 g/mol. The Hall–Kier alpha value is -2.07. The summed E-state index contributed by atoms with van der Waals surface area (Å²) in [5.74, 6) is -0.822. The Kier molecular flexibility index (Phi) is 4.25. The lowest BCUT2D eigenvalue weighted by molar-refractivity contribution is 0.0941. The largest absolute Gasteiger partial charge is 0.398 e. The lowest BCUT2D eigenvalue weighted by Crippen LogP contribution is -2.27. The number of nitrogens with two attached hydrogens (primary N) is 1. The van der Waals surface area contributed by atoms with Crippen molar-refractivity contribution < 1.29 is 9.18 Å². The third-order valence-electron chi connectivity index (χ3n) is 2.95. The molecule has 0 aliphatic heterocycles. The molecule has 2 rings (SSSR count). The van der Waals surface area contributed by atoms with Gasteiger partial charge in [-0.15, -0.1) is 0 Å². The van der Waals surface area contributed by atoms with Crippen LogP contribution in [0.5, 0.6) is 0 Å². The van der Waals surface area contributed by atoms with E-state index in [0.29, 0.717) is 5.02 Å². The minimum atomic E-state index is -0.470. The molecule has 2 aromatic rings. The normalized spacial score (nSPS) is 11.9. The summed E-state index contributed by atoms with van der Waals surface area (Å²) in [6.45, 7) is 1.84. The molecule has 5 heteroatoms. The minimum absolute atomic E-state index is 0.112. The molecule has 0 fully saturated rings. The molecule has 0 aromatic heterocycles. The number of halogens is 2. The van der Waals surface area contributed by atoms with E-state index in [4.69, 9.17) is 17.3 Å². The van der Waals surface area contributed by atoms with Crippen LogP contribution >= 0.6 is 11.6 Å². The van der Waals surface area contributed by atoms with Crippen LogP contribution in [0.25, 0.3) is 0 Å². The second-order valence-electron chi connectivity index (χ2n) is 4.48. The molecule has 0 heterocycles. The molecule has 0 bridgehead atoms. The average molecular weight is 293 g/mol. The monoisotopic (exact) mass is 292 g/mol. The van der Waals surface area contributed by atoms with Crippen LogP contribution in [0, 0.1) is 5.82 Å². The molecule has 1 atom stereocenters. The van der Waals surface area contributed by atoms with Crippen LogP contribution in [0.4, 0.5) is 10.1 Å². The summed E-state index contributed by atoms with van der Waals surface area (Å²) in [5.41, 5.74) is 6.88. The third kappa shape index (κ3) is 3.27. The number of benzene rings is 2. The number of hydrogen-bond acceptors (Lipinski definition) is 2. The van der Waals surface area contributed by atoms with Gasteiger partial charge in [0.2, 0.25) is 0 Å². The summed E-state index contributed by atoms with van der Waals surface area (Å²) < 4.78 is 13.0. The number of nitrogen functional groups attached to an aromatic ring is 1. The smallest absolute Gasteiger partial charge is 0.253 e. The van der Waals surface area contributed by atoms with E-state index in [9.17, 15) is 9.18 Å². The Balaban J connectivity index is 2.15. The zero-order chi connectivity index (χ0) is 14.7. The van der Waals surface area contributed by atoms with E-state index >= 15 is 0 Å². The summed E-state index contributed by atoms with van der Waals surface area (Å²) in [6, 6.07) is 10.7. The van der Waals surface area contributed by atoms with Crippen LogP contribution < -0.4 is 11.1 Å². The summed E-state index contributed by atoms with van der Waals surface area (Å²) in [7, 11) is 0. The van der Waals surface area contributed by atoms with Gasteiger partial charge in [-0.1, -0.05) is 23.7 Å². The van der Waals surface area contributed by atoms with Crippen molar-refractivity contribution in [1.29, 1.82) is 0 Å². The number of nitrogens with one attached hydrogen (secondary N) is 1. The van der Waals surface area contributed by atoms with Gasteiger partial charge in [0, 0.05) is 10.7 Å². The van der Waals surface area contributed by atoms with E-state index in [-0.39, 0.29) is 23.2 Å². The van der Waals surface area contributed by atoms with Gasteiger partial charge >= 0.3 is 0 Å². The second-order valence-corrected chi connectivity index (χ2v) is 4.92. The van der Waals surface area contributed by atoms with Crippen molar-refractivity contribution in [2.24, 2.45) is 0 Å². The van der Waals surface area contributed by atoms with E-state index in [1.807, 2.05) is 19.1 Å². The predicted molar refractivity (Wildman–Crippen MR) is 78.1 cm³/mol. The molecule has 0 unspecified atom stereocenters. The first-order valence-corrected chi connectivity index (χ1v) is 6.46.